The highest BCUT2D eigenvalue weighted by Crippen LogP contribution is 2.18. The lowest BCUT2D eigenvalue weighted by atomic mass is 10.2. The molecule has 2 rings (SSSR count). The lowest BCUT2D eigenvalue weighted by Gasteiger charge is -2.11. The molecule has 1 saturated heterocycles. The zero-order valence-corrected chi connectivity index (χ0v) is 9.98. The van der Waals surface area contributed by atoms with E-state index in [9.17, 15) is 4.79 Å². The van der Waals surface area contributed by atoms with Gasteiger partial charge in [0.05, 0.1) is 6.04 Å². The summed E-state index contributed by atoms with van der Waals surface area (Å²) in [6.45, 7) is 0.894. The van der Waals surface area contributed by atoms with Crippen LogP contribution >= 0.6 is 0 Å². The Morgan fingerprint density at radius 2 is 2.50 bits per heavy atom. The van der Waals surface area contributed by atoms with Crippen LogP contribution in [0.2, 0.25) is 0 Å². The van der Waals surface area contributed by atoms with Gasteiger partial charge in [0, 0.05) is 11.8 Å². The van der Waals surface area contributed by atoms with Gasteiger partial charge in [-0.05, 0) is 31.5 Å². The minimum Gasteiger partial charge on any atom is -0.479 e. The second-order valence-electron chi connectivity index (χ2n) is 4.11. The Morgan fingerprint density at radius 1 is 1.61 bits per heavy atom. The van der Waals surface area contributed by atoms with E-state index in [0.717, 1.165) is 19.4 Å². The number of carbonyl (C=O) groups is 1. The van der Waals surface area contributed by atoms with Crippen molar-refractivity contribution in [3.05, 3.63) is 24.3 Å². The Kier molecular flexibility index (Phi) is 4.15. The molecule has 18 heavy (non-hydrogen) atoms. The number of hydrogen-bond acceptors (Lipinski definition) is 4. The van der Waals surface area contributed by atoms with Crippen molar-refractivity contribution in [2.45, 2.75) is 18.9 Å². The lowest BCUT2D eigenvalue weighted by molar-refractivity contribution is -0.117. The highest BCUT2D eigenvalue weighted by Gasteiger charge is 2.21. The van der Waals surface area contributed by atoms with Crippen LogP contribution in [0.15, 0.2) is 24.3 Å². The quantitative estimate of drug-likeness (QED) is 0.838. The first-order valence-electron chi connectivity index (χ1n) is 5.93. The van der Waals surface area contributed by atoms with Crippen molar-refractivity contribution >= 4 is 11.6 Å². The fraction of sp³-hybridized carbons (Fsp3) is 0.385. The summed E-state index contributed by atoms with van der Waals surface area (Å²) in [6.07, 6.45) is 1.90. The van der Waals surface area contributed by atoms with E-state index >= 15 is 0 Å². The van der Waals surface area contributed by atoms with E-state index in [1.165, 1.54) is 0 Å². The zero-order chi connectivity index (χ0) is 12.8. The molecule has 0 aromatic heterocycles. The Balaban J connectivity index is 1.96. The molecule has 1 fully saturated rings. The second kappa shape index (κ2) is 6.03. The van der Waals surface area contributed by atoms with Crippen molar-refractivity contribution < 1.29 is 9.53 Å². The normalized spacial score (nSPS) is 18.1. The van der Waals surface area contributed by atoms with Crippen LogP contribution in [0, 0.1) is 11.3 Å². The second-order valence-corrected chi connectivity index (χ2v) is 4.11. The van der Waals surface area contributed by atoms with Gasteiger partial charge in [0.1, 0.15) is 11.8 Å². The van der Waals surface area contributed by atoms with Crippen LogP contribution in [0.4, 0.5) is 5.69 Å². The fourth-order valence-corrected chi connectivity index (χ4v) is 1.92. The van der Waals surface area contributed by atoms with Crippen LogP contribution in [0.3, 0.4) is 0 Å². The number of rotatable bonds is 4. The average Bonchev–Trinajstić information content (AvgIpc) is 2.91. The third-order valence-corrected chi connectivity index (χ3v) is 2.78. The van der Waals surface area contributed by atoms with Gasteiger partial charge in [0.25, 0.3) is 0 Å². The summed E-state index contributed by atoms with van der Waals surface area (Å²) in [4.78, 5) is 11.9. The molecule has 0 bridgehead atoms. The van der Waals surface area contributed by atoms with Crippen LogP contribution in [-0.2, 0) is 4.79 Å². The Labute approximate surface area is 106 Å². The summed E-state index contributed by atoms with van der Waals surface area (Å²) in [5.41, 5.74) is 0.684. The summed E-state index contributed by atoms with van der Waals surface area (Å²) >= 11 is 0. The van der Waals surface area contributed by atoms with Gasteiger partial charge in [0.2, 0.25) is 5.91 Å². The number of nitriles is 1. The number of nitrogens with one attached hydrogen (secondary N) is 2. The van der Waals surface area contributed by atoms with Gasteiger partial charge < -0.3 is 15.4 Å². The van der Waals surface area contributed by atoms with Crippen molar-refractivity contribution in [3.8, 4) is 11.8 Å². The van der Waals surface area contributed by atoms with Crippen molar-refractivity contribution in [3.63, 3.8) is 0 Å². The molecule has 0 unspecified atom stereocenters. The third kappa shape index (κ3) is 3.22. The number of benzene rings is 1. The van der Waals surface area contributed by atoms with Crippen LogP contribution in [-0.4, -0.2) is 25.1 Å². The Morgan fingerprint density at radius 3 is 3.22 bits per heavy atom. The molecule has 0 radical (unpaired) electrons. The highest BCUT2D eigenvalue weighted by atomic mass is 16.5. The van der Waals surface area contributed by atoms with Crippen LogP contribution in [0.5, 0.6) is 5.75 Å². The van der Waals surface area contributed by atoms with E-state index < -0.39 is 0 Å². The van der Waals surface area contributed by atoms with E-state index in [1.807, 2.05) is 6.07 Å². The minimum absolute atomic E-state index is 0.00157. The molecule has 0 aliphatic carbocycles. The molecule has 5 nitrogen and oxygen atoms in total. The van der Waals surface area contributed by atoms with Crippen molar-refractivity contribution in [1.29, 1.82) is 5.26 Å². The molecule has 1 amide bonds. The standard InChI is InChI=1S/C13H15N3O2/c14-6-8-18-11-4-1-3-10(9-11)16-13(17)12-5-2-7-15-12/h1,3-4,9,12,15H,2,5,7-8H2,(H,16,17)/t12-/m1/s1. The van der Waals surface area contributed by atoms with E-state index in [-0.39, 0.29) is 18.6 Å². The van der Waals surface area contributed by atoms with Gasteiger partial charge in [-0.15, -0.1) is 0 Å². The summed E-state index contributed by atoms with van der Waals surface area (Å²) in [6, 6.07) is 8.84. The average molecular weight is 245 g/mol. The van der Waals surface area contributed by atoms with Crippen LogP contribution in [0.1, 0.15) is 12.8 Å². The maximum Gasteiger partial charge on any atom is 0.241 e. The van der Waals surface area contributed by atoms with E-state index in [1.54, 1.807) is 24.3 Å². The van der Waals surface area contributed by atoms with Gasteiger partial charge in [-0.3, -0.25) is 4.79 Å². The molecule has 1 atom stereocenters. The monoisotopic (exact) mass is 245 g/mol. The number of carbonyl (C=O) groups excluding carboxylic acids is 1. The maximum absolute atomic E-state index is 11.9. The molecule has 1 heterocycles. The molecule has 1 aliphatic heterocycles. The largest absolute Gasteiger partial charge is 0.479 e. The van der Waals surface area contributed by atoms with Crippen molar-refractivity contribution in [1.82, 2.24) is 5.32 Å². The van der Waals surface area contributed by atoms with Gasteiger partial charge in [0.15, 0.2) is 6.61 Å². The predicted octanol–water partition coefficient (Wildman–Crippen LogP) is 1.28. The fourth-order valence-electron chi connectivity index (χ4n) is 1.92. The van der Waals surface area contributed by atoms with E-state index in [2.05, 4.69) is 10.6 Å². The minimum atomic E-state index is -0.103. The molecule has 1 aromatic rings. The smallest absolute Gasteiger partial charge is 0.241 e. The molecular formula is C13H15N3O2. The van der Waals surface area contributed by atoms with Gasteiger partial charge in [-0.25, -0.2) is 0 Å². The predicted molar refractivity (Wildman–Crippen MR) is 67.2 cm³/mol. The summed E-state index contributed by atoms with van der Waals surface area (Å²) in [5.74, 6) is 0.554. The first kappa shape index (κ1) is 12.4. The first-order chi connectivity index (χ1) is 8.79. The molecule has 1 aliphatic rings. The highest BCUT2D eigenvalue weighted by molar-refractivity contribution is 5.95. The Hall–Kier alpha value is -2.06. The van der Waals surface area contributed by atoms with Crippen molar-refractivity contribution in [2.75, 3.05) is 18.5 Å². The number of ether oxygens (including phenoxy) is 1. The SMILES string of the molecule is N#CCOc1cccc(NC(=O)[C@H]2CCCN2)c1. The summed E-state index contributed by atoms with van der Waals surface area (Å²) in [7, 11) is 0. The van der Waals surface area contributed by atoms with Gasteiger partial charge >= 0.3 is 0 Å². The molecule has 5 heteroatoms. The molecule has 1 aromatic carbocycles. The van der Waals surface area contributed by atoms with Gasteiger partial charge in [-0.1, -0.05) is 6.07 Å². The Bertz CT molecular complexity index is 462. The number of hydrogen-bond donors (Lipinski definition) is 2. The topological polar surface area (TPSA) is 74.1 Å². The number of nitrogens with zero attached hydrogens (tertiary/aromatic N) is 1. The maximum atomic E-state index is 11.9. The summed E-state index contributed by atoms with van der Waals surface area (Å²) < 4.78 is 5.17. The molecule has 0 spiro atoms. The molecule has 94 valence electrons. The number of amides is 1. The molecule has 2 N–H and O–H groups in total. The molecular weight excluding hydrogens is 230 g/mol. The third-order valence-electron chi connectivity index (χ3n) is 2.78. The molecule has 0 saturated carbocycles. The first-order valence-corrected chi connectivity index (χ1v) is 5.93. The van der Waals surface area contributed by atoms with Gasteiger partial charge in [-0.2, -0.15) is 5.26 Å². The van der Waals surface area contributed by atoms with E-state index in [4.69, 9.17) is 10.00 Å². The van der Waals surface area contributed by atoms with E-state index in [0.29, 0.717) is 11.4 Å². The lowest BCUT2D eigenvalue weighted by Crippen LogP contribution is -2.35. The number of anilines is 1. The zero-order valence-electron chi connectivity index (χ0n) is 9.98. The van der Waals surface area contributed by atoms with Crippen molar-refractivity contribution in [2.24, 2.45) is 0 Å². The van der Waals surface area contributed by atoms with Crippen LogP contribution in [0.25, 0.3) is 0 Å². The van der Waals surface area contributed by atoms with Crippen LogP contribution < -0.4 is 15.4 Å². The summed E-state index contributed by atoms with van der Waals surface area (Å²) in [5, 5.41) is 14.4.